The molecule has 0 saturated carbocycles. The fourth-order valence-electron chi connectivity index (χ4n) is 2.36. The molecular weight excluding hydrogens is 338 g/mol. The van der Waals surface area contributed by atoms with E-state index in [4.69, 9.17) is 14.2 Å². The van der Waals surface area contributed by atoms with Gasteiger partial charge < -0.3 is 19.1 Å². The third kappa shape index (κ3) is 5.29. The van der Waals surface area contributed by atoms with Crippen molar-refractivity contribution in [3.8, 4) is 5.75 Å². The number of methoxy groups -OCH3 is 1. The van der Waals surface area contributed by atoms with E-state index in [0.29, 0.717) is 6.54 Å². The van der Waals surface area contributed by atoms with E-state index in [1.807, 2.05) is 24.3 Å². The lowest BCUT2D eigenvalue weighted by Gasteiger charge is -2.32. The highest BCUT2D eigenvalue weighted by Crippen LogP contribution is 2.17. The molecule has 1 aliphatic heterocycles. The number of carbonyl (C=O) groups is 3. The minimum Gasteiger partial charge on any atom is -0.497 e. The molecule has 0 aromatic heterocycles. The molecule has 1 atom stereocenters. The van der Waals surface area contributed by atoms with Crippen molar-refractivity contribution in [2.45, 2.75) is 33.4 Å². The SMILES string of the molecule is COc1ccc(CN2C[C@@H](C(=O)COC(=O)C(C)(C)C)OCC2=O)cc1. The van der Waals surface area contributed by atoms with Crippen LogP contribution in [0, 0.1) is 5.41 Å². The Balaban J connectivity index is 1.92. The number of hydrogen-bond donors (Lipinski definition) is 0. The van der Waals surface area contributed by atoms with E-state index in [1.54, 1.807) is 32.8 Å². The maximum atomic E-state index is 12.3. The molecule has 1 aliphatic rings. The van der Waals surface area contributed by atoms with Crippen molar-refractivity contribution in [3.05, 3.63) is 29.8 Å². The van der Waals surface area contributed by atoms with Crippen molar-refractivity contribution < 1.29 is 28.6 Å². The van der Waals surface area contributed by atoms with Crippen LogP contribution in [0.25, 0.3) is 0 Å². The van der Waals surface area contributed by atoms with Gasteiger partial charge >= 0.3 is 5.97 Å². The first-order valence-electron chi connectivity index (χ1n) is 8.43. The number of ether oxygens (including phenoxy) is 3. The van der Waals surface area contributed by atoms with Gasteiger partial charge in [0.2, 0.25) is 11.7 Å². The van der Waals surface area contributed by atoms with Crippen molar-refractivity contribution in [1.29, 1.82) is 0 Å². The summed E-state index contributed by atoms with van der Waals surface area (Å²) in [4.78, 5) is 37.7. The molecule has 0 N–H and O–H groups in total. The monoisotopic (exact) mass is 363 g/mol. The van der Waals surface area contributed by atoms with E-state index in [1.165, 1.54) is 0 Å². The molecule has 2 rings (SSSR count). The zero-order valence-electron chi connectivity index (χ0n) is 15.6. The van der Waals surface area contributed by atoms with Gasteiger partial charge in [-0.2, -0.15) is 0 Å². The van der Waals surface area contributed by atoms with Gasteiger partial charge in [-0.25, -0.2) is 0 Å². The summed E-state index contributed by atoms with van der Waals surface area (Å²) in [6.07, 6.45) is -0.793. The van der Waals surface area contributed by atoms with Crippen LogP contribution in [0.3, 0.4) is 0 Å². The molecule has 1 amide bonds. The summed E-state index contributed by atoms with van der Waals surface area (Å²) in [5.74, 6) is -0.255. The lowest BCUT2D eigenvalue weighted by atomic mass is 9.97. The molecule has 1 aromatic rings. The number of hydrogen-bond acceptors (Lipinski definition) is 6. The van der Waals surface area contributed by atoms with Gasteiger partial charge in [-0.05, 0) is 38.5 Å². The number of benzene rings is 1. The summed E-state index contributed by atoms with van der Waals surface area (Å²) in [5.41, 5.74) is 0.246. The highest BCUT2D eigenvalue weighted by atomic mass is 16.5. The number of amides is 1. The Labute approximate surface area is 153 Å². The lowest BCUT2D eigenvalue weighted by molar-refractivity contribution is -0.164. The summed E-state index contributed by atoms with van der Waals surface area (Å²) in [6.45, 7) is 5.13. The van der Waals surface area contributed by atoms with Crippen LogP contribution in [0.5, 0.6) is 5.75 Å². The number of ketones is 1. The molecule has 1 aromatic carbocycles. The number of nitrogens with zero attached hydrogens (tertiary/aromatic N) is 1. The Hall–Kier alpha value is -2.41. The van der Waals surface area contributed by atoms with Gasteiger partial charge in [-0.1, -0.05) is 12.1 Å². The smallest absolute Gasteiger partial charge is 0.311 e. The zero-order chi connectivity index (χ0) is 19.3. The largest absolute Gasteiger partial charge is 0.497 e. The molecular formula is C19H25NO6. The molecule has 7 heteroatoms. The van der Waals surface area contributed by atoms with Crippen LogP contribution in [0.4, 0.5) is 0 Å². The first-order valence-corrected chi connectivity index (χ1v) is 8.43. The van der Waals surface area contributed by atoms with Crippen LogP contribution < -0.4 is 4.74 Å². The molecule has 142 valence electrons. The van der Waals surface area contributed by atoms with Gasteiger partial charge in [0.05, 0.1) is 19.1 Å². The van der Waals surface area contributed by atoms with Crippen molar-refractivity contribution >= 4 is 17.7 Å². The second-order valence-electron chi connectivity index (χ2n) is 7.21. The summed E-state index contributed by atoms with van der Waals surface area (Å²) in [5, 5.41) is 0. The van der Waals surface area contributed by atoms with E-state index in [9.17, 15) is 14.4 Å². The molecule has 1 saturated heterocycles. The van der Waals surface area contributed by atoms with Gasteiger partial charge in [-0.3, -0.25) is 14.4 Å². The second-order valence-corrected chi connectivity index (χ2v) is 7.21. The van der Waals surface area contributed by atoms with E-state index in [2.05, 4.69) is 0 Å². The minimum atomic E-state index is -0.793. The Morgan fingerprint density at radius 3 is 2.46 bits per heavy atom. The standard InChI is InChI=1S/C19H25NO6/c1-19(2,3)18(23)26-11-15(21)16-10-20(17(22)12-25-16)9-13-5-7-14(24-4)8-6-13/h5-8,16H,9-12H2,1-4H3/t16-/m0/s1. The van der Waals surface area contributed by atoms with E-state index in [-0.39, 0.29) is 31.4 Å². The number of morpholine rings is 1. The fraction of sp³-hybridized carbons (Fsp3) is 0.526. The van der Waals surface area contributed by atoms with Gasteiger partial charge in [0.15, 0.2) is 6.61 Å². The highest BCUT2D eigenvalue weighted by Gasteiger charge is 2.32. The average Bonchev–Trinajstić information content (AvgIpc) is 2.61. The Bertz CT molecular complexity index is 662. The Morgan fingerprint density at radius 1 is 1.23 bits per heavy atom. The first kappa shape index (κ1) is 19.9. The predicted octanol–water partition coefficient (Wildman–Crippen LogP) is 1.58. The van der Waals surface area contributed by atoms with Crippen molar-refractivity contribution in [3.63, 3.8) is 0 Å². The van der Waals surface area contributed by atoms with Crippen molar-refractivity contribution in [2.24, 2.45) is 5.41 Å². The molecule has 26 heavy (non-hydrogen) atoms. The van der Waals surface area contributed by atoms with Gasteiger partial charge in [0.1, 0.15) is 18.5 Å². The van der Waals surface area contributed by atoms with E-state index in [0.717, 1.165) is 11.3 Å². The van der Waals surface area contributed by atoms with E-state index >= 15 is 0 Å². The fourth-order valence-corrected chi connectivity index (χ4v) is 2.36. The number of rotatable bonds is 6. The lowest BCUT2D eigenvalue weighted by Crippen LogP contribution is -2.50. The Kier molecular flexibility index (Phi) is 6.37. The second kappa shape index (κ2) is 8.31. The molecule has 0 radical (unpaired) electrons. The topological polar surface area (TPSA) is 82.1 Å². The number of Topliss-reactive ketones (excluding diaryl/α,β-unsaturated/α-hetero) is 1. The quantitative estimate of drug-likeness (QED) is 0.714. The normalized spacial score (nSPS) is 17.8. The summed E-state index contributed by atoms with van der Waals surface area (Å²) in [6, 6.07) is 7.36. The van der Waals surface area contributed by atoms with Crippen LogP contribution >= 0.6 is 0 Å². The third-order valence-corrected chi connectivity index (χ3v) is 4.00. The zero-order valence-corrected chi connectivity index (χ0v) is 15.6. The van der Waals surface area contributed by atoms with Crippen LogP contribution in [0.1, 0.15) is 26.3 Å². The molecule has 0 unspecified atom stereocenters. The van der Waals surface area contributed by atoms with Gasteiger partial charge in [-0.15, -0.1) is 0 Å². The summed E-state index contributed by atoms with van der Waals surface area (Å²) >= 11 is 0. The van der Waals surface area contributed by atoms with Crippen molar-refractivity contribution in [2.75, 3.05) is 26.9 Å². The number of esters is 1. The summed E-state index contributed by atoms with van der Waals surface area (Å²) in [7, 11) is 1.59. The highest BCUT2D eigenvalue weighted by molar-refractivity contribution is 5.89. The Morgan fingerprint density at radius 2 is 1.88 bits per heavy atom. The first-order chi connectivity index (χ1) is 12.2. The molecule has 0 aliphatic carbocycles. The molecule has 0 spiro atoms. The predicted molar refractivity (Wildman–Crippen MR) is 93.6 cm³/mol. The van der Waals surface area contributed by atoms with Crippen LogP contribution in [-0.2, 0) is 30.4 Å². The maximum Gasteiger partial charge on any atom is 0.311 e. The molecule has 0 bridgehead atoms. The number of carbonyl (C=O) groups excluding carboxylic acids is 3. The molecule has 1 fully saturated rings. The minimum absolute atomic E-state index is 0.136. The molecule has 1 heterocycles. The summed E-state index contributed by atoms with van der Waals surface area (Å²) < 4.78 is 15.5. The van der Waals surface area contributed by atoms with Gasteiger partial charge in [0, 0.05) is 6.54 Å². The third-order valence-electron chi connectivity index (χ3n) is 4.00. The van der Waals surface area contributed by atoms with Crippen LogP contribution in [0.2, 0.25) is 0 Å². The van der Waals surface area contributed by atoms with Crippen LogP contribution in [-0.4, -0.2) is 55.5 Å². The maximum absolute atomic E-state index is 12.3. The van der Waals surface area contributed by atoms with Crippen LogP contribution in [0.15, 0.2) is 24.3 Å². The average molecular weight is 363 g/mol. The van der Waals surface area contributed by atoms with Gasteiger partial charge in [0.25, 0.3) is 0 Å². The van der Waals surface area contributed by atoms with E-state index < -0.39 is 17.5 Å². The van der Waals surface area contributed by atoms with Crippen molar-refractivity contribution in [1.82, 2.24) is 4.90 Å². The molecule has 7 nitrogen and oxygen atoms in total.